The fourth-order valence-electron chi connectivity index (χ4n) is 3.28. The zero-order valence-corrected chi connectivity index (χ0v) is 15.5. The summed E-state index contributed by atoms with van der Waals surface area (Å²) in [5, 5.41) is 10.5. The van der Waals surface area contributed by atoms with Gasteiger partial charge in [0.15, 0.2) is 11.5 Å². The molecule has 0 bridgehead atoms. The van der Waals surface area contributed by atoms with Crippen LogP contribution in [0.4, 0.5) is 0 Å². The Bertz CT molecular complexity index is 890. The molecule has 0 spiro atoms. The number of ketones is 1. The summed E-state index contributed by atoms with van der Waals surface area (Å²) in [5.41, 5.74) is 1.57. The lowest BCUT2D eigenvalue weighted by atomic mass is 9.90. The smallest absolute Gasteiger partial charge is 0.290 e. The molecule has 2 aromatic rings. The van der Waals surface area contributed by atoms with Crippen molar-refractivity contribution in [2.24, 2.45) is 5.92 Å². The van der Waals surface area contributed by atoms with E-state index in [2.05, 4.69) is 4.98 Å². The number of nitrogens with zero attached hydrogens (tertiary/aromatic N) is 2. The summed E-state index contributed by atoms with van der Waals surface area (Å²) in [7, 11) is 1.54. The fourth-order valence-corrected chi connectivity index (χ4v) is 3.28. The number of hydrogen-bond acceptors (Lipinski definition) is 5. The number of aliphatic hydroxyl groups is 1. The highest BCUT2D eigenvalue weighted by Crippen LogP contribution is 2.42. The highest BCUT2D eigenvalue weighted by molar-refractivity contribution is 6.09. The summed E-state index contributed by atoms with van der Waals surface area (Å²) < 4.78 is 5.45. The summed E-state index contributed by atoms with van der Waals surface area (Å²) in [4.78, 5) is 31.2. The van der Waals surface area contributed by atoms with Gasteiger partial charge in [-0.2, -0.15) is 0 Å². The Kier molecular flexibility index (Phi) is 5.26. The van der Waals surface area contributed by atoms with Crippen LogP contribution in [0.5, 0.6) is 5.75 Å². The van der Waals surface area contributed by atoms with Crippen LogP contribution in [0.25, 0.3) is 0 Å². The number of carbonyl (C=O) groups excluding carboxylic acids is 2. The second-order valence-electron chi connectivity index (χ2n) is 6.72. The SMILES string of the molecule is COc1ccccc1C1C(C(=O)C(C)C)=C(O)C(=O)N1Cc1cccnc1. The highest BCUT2D eigenvalue weighted by atomic mass is 16.5. The number of amides is 1. The van der Waals surface area contributed by atoms with E-state index in [-0.39, 0.29) is 23.8 Å². The van der Waals surface area contributed by atoms with Gasteiger partial charge in [-0.05, 0) is 17.7 Å². The zero-order valence-electron chi connectivity index (χ0n) is 15.5. The maximum atomic E-state index is 12.8. The number of methoxy groups -OCH3 is 1. The van der Waals surface area contributed by atoms with Crippen molar-refractivity contribution in [1.82, 2.24) is 9.88 Å². The third kappa shape index (κ3) is 3.43. The fraction of sp³-hybridized carbons (Fsp3) is 0.286. The van der Waals surface area contributed by atoms with Gasteiger partial charge in [-0.1, -0.05) is 38.1 Å². The first-order valence-electron chi connectivity index (χ1n) is 8.75. The number of hydrogen-bond donors (Lipinski definition) is 1. The number of ether oxygens (including phenoxy) is 1. The molecular weight excluding hydrogens is 344 g/mol. The standard InChI is InChI=1S/C21H22N2O4/c1-13(2)19(24)17-18(15-8-4-5-9-16(15)27-3)23(21(26)20(17)25)12-14-7-6-10-22-11-14/h4-11,13,18,25H,12H2,1-3H3. The Morgan fingerprint density at radius 3 is 2.63 bits per heavy atom. The lowest BCUT2D eigenvalue weighted by Gasteiger charge is -2.28. The largest absolute Gasteiger partial charge is 0.503 e. The van der Waals surface area contributed by atoms with E-state index in [1.165, 1.54) is 12.0 Å². The van der Waals surface area contributed by atoms with Crippen molar-refractivity contribution in [2.45, 2.75) is 26.4 Å². The number of rotatable bonds is 6. The molecule has 0 saturated carbocycles. The number of para-hydroxylation sites is 1. The van der Waals surface area contributed by atoms with Crippen LogP contribution in [0.3, 0.4) is 0 Å². The van der Waals surface area contributed by atoms with Crippen LogP contribution in [0.2, 0.25) is 0 Å². The lowest BCUT2D eigenvalue weighted by molar-refractivity contribution is -0.130. The first-order valence-corrected chi connectivity index (χ1v) is 8.75. The number of benzene rings is 1. The van der Waals surface area contributed by atoms with Crippen LogP contribution in [0.1, 0.15) is 31.0 Å². The van der Waals surface area contributed by atoms with Crippen LogP contribution < -0.4 is 4.74 Å². The summed E-state index contributed by atoms with van der Waals surface area (Å²) in [6, 6.07) is 10.1. The van der Waals surface area contributed by atoms with Gasteiger partial charge < -0.3 is 14.7 Å². The molecule has 1 amide bonds. The van der Waals surface area contributed by atoms with E-state index in [1.54, 1.807) is 44.4 Å². The molecule has 1 N–H and O–H groups in total. The molecule has 1 unspecified atom stereocenters. The van der Waals surface area contributed by atoms with Gasteiger partial charge in [-0.15, -0.1) is 0 Å². The Morgan fingerprint density at radius 2 is 2.00 bits per heavy atom. The van der Waals surface area contributed by atoms with Crippen LogP contribution >= 0.6 is 0 Å². The third-order valence-electron chi connectivity index (χ3n) is 4.60. The Balaban J connectivity index is 2.13. The van der Waals surface area contributed by atoms with E-state index in [0.717, 1.165) is 5.56 Å². The van der Waals surface area contributed by atoms with E-state index in [0.29, 0.717) is 11.3 Å². The molecule has 0 radical (unpaired) electrons. The predicted octanol–water partition coefficient (Wildman–Crippen LogP) is 3.21. The monoisotopic (exact) mass is 366 g/mol. The second kappa shape index (κ2) is 7.61. The van der Waals surface area contributed by atoms with Gasteiger partial charge in [0, 0.05) is 30.4 Å². The van der Waals surface area contributed by atoms with Crippen LogP contribution in [0, 0.1) is 5.92 Å². The zero-order chi connectivity index (χ0) is 19.6. The molecule has 2 heterocycles. The lowest BCUT2D eigenvalue weighted by Crippen LogP contribution is -2.31. The maximum absolute atomic E-state index is 12.8. The van der Waals surface area contributed by atoms with Crippen molar-refractivity contribution in [2.75, 3.05) is 7.11 Å². The topological polar surface area (TPSA) is 79.7 Å². The van der Waals surface area contributed by atoms with Gasteiger partial charge >= 0.3 is 0 Å². The van der Waals surface area contributed by atoms with E-state index < -0.39 is 17.7 Å². The molecule has 1 aliphatic rings. The van der Waals surface area contributed by atoms with E-state index in [1.807, 2.05) is 18.2 Å². The number of carbonyl (C=O) groups is 2. The first-order chi connectivity index (χ1) is 13.0. The van der Waals surface area contributed by atoms with Gasteiger partial charge in [0.25, 0.3) is 5.91 Å². The molecule has 0 saturated heterocycles. The highest BCUT2D eigenvalue weighted by Gasteiger charge is 2.44. The normalized spacial score (nSPS) is 17.0. The van der Waals surface area contributed by atoms with Crippen molar-refractivity contribution in [3.63, 3.8) is 0 Å². The Morgan fingerprint density at radius 1 is 1.26 bits per heavy atom. The number of aromatic nitrogens is 1. The quantitative estimate of drug-likeness (QED) is 0.849. The molecule has 140 valence electrons. The molecule has 1 aliphatic heterocycles. The summed E-state index contributed by atoms with van der Waals surface area (Å²) in [6.07, 6.45) is 3.31. The van der Waals surface area contributed by atoms with E-state index in [4.69, 9.17) is 4.74 Å². The number of pyridine rings is 1. The Hall–Kier alpha value is -3.15. The maximum Gasteiger partial charge on any atom is 0.290 e. The van der Waals surface area contributed by atoms with Crippen LogP contribution in [-0.4, -0.2) is 33.8 Å². The average molecular weight is 366 g/mol. The van der Waals surface area contributed by atoms with Crippen molar-refractivity contribution in [1.29, 1.82) is 0 Å². The van der Waals surface area contributed by atoms with Crippen molar-refractivity contribution in [3.8, 4) is 5.75 Å². The van der Waals surface area contributed by atoms with Gasteiger partial charge in [0.2, 0.25) is 0 Å². The number of aliphatic hydroxyl groups excluding tert-OH is 1. The molecule has 3 rings (SSSR count). The second-order valence-corrected chi connectivity index (χ2v) is 6.72. The molecule has 1 atom stereocenters. The molecule has 1 aromatic carbocycles. The minimum absolute atomic E-state index is 0.114. The Labute approximate surface area is 158 Å². The van der Waals surface area contributed by atoms with Crippen molar-refractivity contribution in [3.05, 3.63) is 71.3 Å². The molecule has 6 nitrogen and oxygen atoms in total. The van der Waals surface area contributed by atoms with Crippen molar-refractivity contribution < 1.29 is 19.4 Å². The van der Waals surface area contributed by atoms with Crippen LogP contribution in [-0.2, 0) is 16.1 Å². The predicted molar refractivity (Wildman–Crippen MR) is 100 cm³/mol. The summed E-state index contributed by atoms with van der Waals surface area (Å²) >= 11 is 0. The molecule has 0 aliphatic carbocycles. The third-order valence-corrected chi connectivity index (χ3v) is 4.60. The van der Waals surface area contributed by atoms with Crippen LogP contribution in [0.15, 0.2) is 60.1 Å². The van der Waals surface area contributed by atoms with Crippen molar-refractivity contribution >= 4 is 11.7 Å². The summed E-state index contributed by atoms with van der Waals surface area (Å²) in [5.74, 6) is -1.13. The van der Waals surface area contributed by atoms with E-state index in [9.17, 15) is 14.7 Å². The van der Waals surface area contributed by atoms with Gasteiger partial charge in [0.1, 0.15) is 5.75 Å². The minimum Gasteiger partial charge on any atom is -0.503 e. The first kappa shape index (κ1) is 18.6. The van der Waals surface area contributed by atoms with Gasteiger partial charge in [0.05, 0.1) is 18.7 Å². The summed E-state index contributed by atoms with van der Waals surface area (Å²) in [6.45, 7) is 3.71. The molecule has 27 heavy (non-hydrogen) atoms. The van der Waals surface area contributed by atoms with Gasteiger partial charge in [-0.25, -0.2) is 0 Å². The molecule has 0 fully saturated rings. The molecular formula is C21H22N2O4. The van der Waals surface area contributed by atoms with Gasteiger partial charge in [-0.3, -0.25) is 14.6 Å². The number of Topliss-reactive ketones (excluding diaryl/α,β-unsaturated/α-hetero) is 1. The minimum atomic E-state index is -0.719. The molecule has 1 aromatic heterocycles. The molecule has 6 heteroatoms. The average Bonchev–Trinajstić information content (AvgIpc) is 2.92. The van der Waals surface area contributed by atoms with E-state index >= 15 is 0 Å².